The first kappa shape index (κ1) is 11.7. The van der Waals surface area contributed by atoms with Crippen LogP contribution in [0.2, 0.25) is 0 Å². The number of hydrogen-bond acceptors (Lipinski definition) is 2. The van der Waals surface area contributed by atoms with Gasteiger partial charge in [-0.3, -0.25) is 0 Å². The van der Waals surface area contributed by atoms with Gasteiger partial charge in [0.1, 0.15) is 0 Å². The molecule has 0 N–H and O–H groups in total. The highest BCUT2D eigenvalue weighted by atomic mass is 31.1. The van der Waals surface area contributed by atoms with Crippen LogP contribution in [0.1, 0.15) is 20.8 Å². The molecule has 0 aromatic heterocycles. The third-order valence-electron chi connectivity index (χ3n) is 0.681. The molecule has 0 aliphatic heterocycles. The highest BCUT2D eigenvalue weighted by Gasteiger charge is 2.41. The summed E-state index contributed by atoms with van der Waals surface area (Å²) >= 11 is 0. The highest BCUT2D eigenvalue weighted by Crippen LogP contribution is 2.33. The zero-order valence-electron chi connectivity index (χ0n) is 6.95. The van der Waals surface area contributed by atoms with Gasteiger partial charge in [0.05, 0.1) is 8.81 Å². The van der Waals surface area contributed by atoms with Crippen LogP contribution in [0, 0.1) is 0 Å². The minimum Gasteiger partial charge on any atom is -0.441 e. The maximum absolute atomic E-state index is 11.6. The van der Waals surface area contributed by atoms with Crippen LogP contribution in [0.15, 0.2) is 0 Å². The van der Waals surface area contributed by atoms with Crippen LogP contribution in [-0.2, 0) is 9.32 Å². The van der Waals surface area contributed by atoms with Crippen LogP contribution in [0.3, 0.4) is 0 Å². The number of carbonyl (C=O) groups excluding carboxylic acids is 1. The molecule has 0 aliphatic carbocycles. The van der Waals surface area contributed by atoms with Gasteiger partial charge >= 0.3 is 12.1 Å². The molecular formula is C6H10F3O2P. The van der Waals surface area contributed by atoms with E-state index in [-0.39, 0.29) is 0 Å². The van der Waals surface area contributed by atoms with Crippen molar-refractivity contribution in [3.8, 4) is 0 Å². The predicted octanol–water partition coefficient (Wildman–Crippen LogP) is 2.48. The normalized spacial score (nSPS) is 13.8. The van der Waals surface area contributed by atoms with Gasteiger partial charge in [-0.1, -0.05) is 20.8 Å². The van der Waals surface area contributed by atoms with Gasteiger partial charge < -0.3 is 4.52 Å². The van der Waals surface area contributed by atoms with E-state index in [1.54, 1.807) is 20.8 Å². The Kier molecular flexibility index (Phi) is 3.51. The van der Waals surface area contributed by atoms with Crippen molar-refractivity contribution in [1.29, 1.82) is 0 Å². The monoisotopic (exact) mass is 202 g/mol. The molecule has 0 aromatic rings. The summed E-state index contributed by atoms with van der Waals surface area (Å²) in [6.07, 6.45) is -4.88. The first-order valence-electron chi connectivity index (χ1n) is 3.18. The molecule has 0 fully saturated rings. The van der Waals surface area contributed by atoms with E-state index in [4.69, 9.17) is 0 Å². The van der Waals surface area contributed by atoms with Gasteiger partial charge in [0.15, 0.2) is 0 Å². The van der Waals surface area contributed by atoms with Crippen molar-refractivity contribution in [2.24, 2.45) is 0 Å². The SMILES string of the molecule is CC(C)(C)POC(=O)C(F)(F)F. The van der Waals surface area contributed by atoms with Crippen LogP contribution in [-0.4, -0.2) is 17.3 Å². The third-order valence-corrected chi connectivity index (χ3v) is 1.58. The molecule has 12 heavy (non-hydrogen) atoms. The highest BCUT2D eigenvalue weighted by molar-refractivity contribution is 7.34. The van der Waals surface area contributed by atoms with Crippen molar-refractivity contribution in [3.05, 3.63) is 0 Å². The van der Waals surface area contributed by atoms with Crippen LogP contribution >= 0.6 is 8.81 Å². The average Bonchev–Trinajstić information content (AvgIpc) is 1.78. The molecule has 0 amide bonds. The zero-order chi connectivity index (χ0) is 9.99. The van der Waals surface area contributed by atoms with E-state index in [9.17, 15) is 18.0 Å². The summed E-state index contributed by atoms with van der Waals surface area (Å²) in [5, 5.41) is -0.416. The molecule has 1 unspecified atom stereocenters. The predicted molar refractivity (Wildman–Crippen MR) is 40.2 cm³/mol. The maximum atomic E-state index is 11.6. The molecule has 0 heterocycles. The fraction of sp³-hybridized carbons (Fsp3) is 0.833. The fourth-order valence-corrected chi connectivity index (χ4v) is 0.772. The quantitative estimate of drug-likeness (QED) is 0.610. The fourth-order valence-electron chi connectivity index (χ4n) is 0.257. The summed E-state index contributed by atoms with van der Waals surface area (Å²) in [7, 11) is -0.474. The van der Waals surface area contributed by atoms with E-state index >= 15 is 0 Å². The van der Waals surface area contributed by atoms with Crippen LogP contribution in [0.4, 0.5) is 13.2 Å². The maximum Gasteiger partial charge on any atom is 0.491 e. The van der Waals surface area contributed by atoms with Gasteiger partial charge in [0.25, 0.3) is 0 Å². The standard InChI is InChI=1S/C6H10F3O2P/c1-5(2,3)12-11-4(10)6(7,8)9/h12H,1-3H3. The van der Waals surface area contributed by atoms with Crippen molar-refractivity contribution in [2.45, 2.75) is 32.1 Å². The molecule has 0 radical (unpaired) electrons. The largest absolute Gasteiger partial charge is 0.491 e. The number of halogens is 3. The smallest absolute Gasteiger partial charge is 0.441 e. The first-order chi connectivity index (χ1) is 5.13. The molecule has 0 bridgehead atoms. The van der Waals surface area contributed by atoms with Gasteiger partial charge in [0, 0.05) is 5.16 Å². The Balaban J connectivity index is 3.90. The lowest BCUT2D eigenvalue weighted by Crippen LogP contribution is -2.24. The number of rotatable bonds is 1. The van der Waals surface area contributed by atoms with E-state index in [1.165, 1.54) is 0 Å². The second-order valence-corrected chi connectivity index (χ2v) is 5.15. The van der Waals surface area contributed by atoms with Crippen molar-refractivity contribution in [3.63, 3.8) is 0 Å². The Morgan fingerprint density at radius 3 is 1.92 bits per heavy atom. The van der Waals surface area contributed by atoms with E-state index < -0.39 is 26.1 Å². The van der Waals surface area contributed by atoms with Gasteiger partial charge in [-0.25, -0.2) is 4.79 Å². The lowest BCUT2D eigenvalue weighted by Gasteiger charge is -2.17. The van der Waals surface area contributed by atoms with Gasteiger partial charge in [-0.05, 0) is 0 Å². The van der Waals surface area contributed by atoms with Crippen LogP contribution in [0.5, 0.6) is 0 Å². The first-order valence-corrected chi connectivity index (χ1v) is 4.09. The summed E-state index contributed by atoms with van der Waals surface area (Å²) in [5.74, 6) is -2.12. The van der Waals surface area contributed by atoms with E-state index in [0.29, 0.717) is 0 Å². The van der Waals surface area contributed by atoms with Gasteiger partial charge in [-0.15, -0.1) is 0 Å². The van der Waals surface area contributed by atoms with E-state index in [1.807, 2.05) is 0 Å². The summed E-state index contributed by atoms with van der Waals surface area (Å²) in [6, 6.07) is 0. The Labute approximate surface area is 70.3 Å². The molecule has 0 aromatic carbocycles. The van der Waals surface area contributed by atoms with Crippen LogP contribution in [0.25, 0.3) is 0 Å². The number of alkyl halides is 3. The third kappa shape index (κ3) is 5.35. The number of carbonyl (C=O) groups is 1. The topological polar surface area (TPSA) is 26.3 Å². The summed E-state index contributed by atoms with van der Waals surface area (Å²) in [6.45, 7) is 5.07. The molecule has 0 saturated heterocycles. The molecule has 6 heteroatoms. The molecule has 2 nitrogen and oxygen atoms in total. The summed E-state index contributed by atoms with van der Waals surface area (Å²) in [5.41, 5.74) is 0. The summed E-state index contributed by atoms with van der Waals surface area (Å²) in [4.78, 5) is 10.2. The lowest BCUT2D eigenvalue weighted by atomic mass is 10.3. The molecule has 0 rings (SSSR count). The van der Waals surface area contributed by atoms with Crippen molar-refractivity contribution >= 4 is 14.8 Å². The molecule has 1 atom stereocenters. The summed E-state index contributed by atoms with van der Waals surface area (Å²) < 4.78 is 38.7. The molecule has 0 spiro atoms. The van der Waals surface area contributed by atoms with Gasteiger partial charge in [-0.2, -0.15) is 13.2 Å². The Morgan fingerprint density at radius 2 is 1.67 bits per heavy atom. The average molecular weight is 202 g/mol. The molecule has 0 saturated carbocycles. The molecule has 72 valence electrons. The Bertz CT molecular complexity index is 171. The molecular weight excluding hydrogens is 192 g/mol. The molecule has 0 aliphatic rings. The minimum atomic E-state index is -4.88. The van der Waals surface area contributed by atoms with Crippen molar-refractivity contribution in [1.82, 2.24) is 0 Å². The Morgan fingerprint density at radius 1 is 1.25 bits per heavy atom. The second kappa shape index (κ2) is 3.60. The number of hydrogen-bond donors (Lipinski definition) is 0. The van der Waals surface area contributed by atoms with E-state index in [2.05, 4.69) is 4.52 Å². The second-order valence-electron chi connectivity index (χ2n) is 3.24. The van der Waals surface area contributed by atoms with Crippen molar-refractivity contribution in [2.75, 3.05) is 0 Å². The van der Waals surface area contributed by atoms with Crippen molar-refractivity contribution < 1.29 is 22.5 Å². The zero-order valence-corrected chi connectivity index (χ0v) is 7.95. The lowest BCUT2D eigenvalue weighted by molar-refractivity contribution is -0.188. The minimum absolute atomic E-state index is 0.416. The Hall–Kier alpha value is -0.310. The van der Waals surface area contributed by atoms with Gasteiger partial charge in [0.2, 0.25) is 0 Å². The van der Waals surface area contributed by atoms with Crippen LogP contribution < -0.4 is 0 Å². The van der Waals surface area contributed by atoms with E-state index in [0.717, 1.165) is 0 Å².